The highest BCUT2D eigenvalue weighted by molar-refractivity contribution is 6.05. The van der Waals surface area contributed by atoms with Gasteiger partial charge in [0.2, 0.25) is 0 Å². The summed E-state index contributed by atoms with van der Waals surface area (Å²) in [6.45, 7) is 2.87. The van der Waals surface area contributed by atoms with Crippen LogP contribution in [0.1, 0.15) is 62.5 Å². The fourth-order valence-electron chi connectivity index (χ4n) is 5.26. The molecule has 1 saturated carbocycles. The number of piperazine rings is 1. The van der Waals surface area contributed by atoms with E-state index in [-0.39, 0.29) is 23.9 Å². The molecule has 4 N–H and O–H groups in total. The minimum atomic E-state index is -0.429. The molecule has 1 saturated heterocycles. The van der Waals surface area contributed by atoms with E-state index in [0.29, 0.717) is 55.3 Å². The fraction of sp³-hybridized carbons (Fsp3) is 0.367. The summed E-state index contributed by atoms with van der Waals surface area (Å²) in [6.07, 6.45) is 5.29. The van der Waals surface area contributed by atoms with Crippen LogP contribution in [-0.2, 0) is 6.54 Å². The van der Waals surface area contributed by atoms with E-state index < -0.39 is 11.7 Å². The molecule has 2 atom stereocenters. The Morgan fingerprint density at radius 2 is 1.65 bits per heavy atom. The third-order valence-electron chi connectivity index (χ3n) is 7.65. The summed E-state index contributed by atoms with van der Waals surface area (Å²) in [5, 5.41) is 5.98. The van der Waals surface area contributed by atoms with Crippen molar-refractivity contribution >= 4 is 23.4 Å². The average Bonchev–Trinajstić information content (AvgIpc) is 3.51. The second-order valence-corrected chi connectivity index (χ2v) is 10.4. The first-order valence-electron chi connectivity index (χ1n) is 13.7. The van der Waals surface area contributed by atoms with Crippen molar-refractivity contribution in [1.29, 1.82) is 0 Å². The highest BCUT2D eigenvalue weighted by Gasteiger charge is 2.26. The Labute approximate surface area is 232 Å². The van der Waals surface area contributed by atoms with Crippen molar-refractivity contribution in [3.63, 3.8) is 0 Å². The Balaban J connectivity index is 1.30. The van der Waals surface area contributed by atoms with Gasteiger partial charge in [-0.05, 0) is 66.9 Å². The predicted octanol–water partition coefficient (Wildman–Crippen LogP) is 3.63. The lowest BCUT2D eigenvalue weighted by atomic mass is 9.91. The molecule has 9 nitrogen and oxygen atoms in total. The van der Waals surface area contributed by atoms with E-state index in [1.165, 1.54) is 30.5 Å². The SMILES string of the molecule is NC1CCCCC1NC(=O)c1ccc(CN2CCN(C(=O)c3ccco3)CC2)c(NC(=O)c2ccc(F)cc2)c1. The van der Waals surface area contributed by atoms with Crippen LogP contribution < -0.4 is 16.4 Å². The quantitative estimate of drug-likeness (QED) is 0.416. The molecule has 5 rings (SSSR count). The minimum absolute atomic E-state index is 0.0760. The molecule has 0 bridgehead atoms. The molecule has 2 aliphatic rings. The van der Waals surface area contributed by atoms with Crippen LogP contribution in [0.25, 0.3) is 0 Å². The standard InChI is InChI=1S/C30H34FN5O4/c31-23-11-9-20(10-12-23)28(37)34-26-18-21(29(38)33-25-5-2-1-4-24(25)32)7-8-22(26)19-35-13-15-36(16-14-35)30(39)27-6-3-17-40-27/h3,6-12,17-18,24-25H,1-2,4-5,13-16,19,32H2,(H,33,38)(H,34,37). The number of anilines is 1. The normalized spacial score (nSPS) is 19.7. The molecule has 1 aliphatic carbocycles. The molecule has 0 spiro atoms. The Hall–Kier alpha value is -4.02. The molecule has 10 heteroatoms. The topological polar surface area (TPSA) is 121 Å². The monoisotopic (exact) mass is 547 g/mol. The lowest BCUT2D eigenvalue weighted by Gasteiger charge is -2.34. The van der Waals surface area contributed by atoms with Gasteiger partial charge in [-0.25, -0.2) is 4.39 Å². The van der Waals surface area contributed by atoms with Crippen LogP contribution in [0.3, 0.4) is 0 Å². The number of hydrogen-bond donors (Lipinski definition) is 3. The molecule has 2 aromatic carbocycles. The molecule has 1 aromatic heterocycles. The Bertz CT molecular complexity index is 1340. The van der Waals surface area contributed by atoms with Crippen molar-refractivity contribution < 1.29 is 23.2 Å². The van der Waals surface area contributed by atoms with Gasteiger partial charge in [0.25, 0.3) is 17.7 Å². The lowest BCUT2D eigenvalue weighted by Crippen LogP contribution is -2.49. The number of nitrogens with zero attached hydrogens (tertiary/aromatic N) is 2. The Morgan fingerprint density at radius 3 is 2.35 bits per heavy atom. The Kier molecular flexibility index (Phi) is 8.57. The van der Waals surface area contributed by atoms with Gasteiger partial charge in [-0.1, -0.05) is 18.9 Å². The molecule has 3 amide bonds. The lowest BCUT2D eigenvalue weighted by molar-refractivity contribution is 0.0597. The van der Waals surface area contributed by atoms with E-state index >= 15 is 0 Å². The van der Waals surface area contributed by atoms with Gasteiger partial charge in [0.15, 0.2) is 5.76 Å². The van der Waals surface area contributed by atoms with Gasteiger partial charge in [0.1, 0.15) is 5.82 Å². The minimum Gasteiger partial charge on any atom is -0.459 e. The summed E-state index contributed by atoms with van der Waals surface area (Å²) >= 11 is 0. The van der Waals surface area contributed by atoms with Crippen LogP contribution >= 0.6 is 0 Å². The maximum atomic E-state index is 13.4. The number of amides is 3. The maximum absolute atomic E-state index is 13.4. The zero-order chi connectivity index (χ0) is 28.1. The molecule has 2 heterocycles. The average molecular weight is 548 g/mol. The smallest absolute Gasteiger partial charge is 0.289 e. The first-order chi connectivity index (χ1) is 19.4. The van der Waals surface area contributed by atoms with Crippen molar-refractivity contribution in [2.75, 3.05) is 31.5 Å². The Morgan fingerprint density at radius 1 is 0.925 bits per heavy atom. The van der Waals surface area contributed by atoms with Gasteiger partial charge in [0.05, 0.1) is 6.26 Å². The zero-order valence-electron chi connectivity index (χ0n) is 22.3. The number of carbonyl (C=O) groups is 3. The summed E-state index contributed by atoms with van der Waals surface area (Å²) < 4.78 is 18.6. The second-order valence-electron chi connectivity index (χ2n) is 10.4. The highest BCUT2D eigenvalue weighted by Crippen LogP contribution is 2.23. The maximum Gasteiger partial charge on any atom is 0.289 e. The number of nitrogens with one attached hydrogen (secondary N) is 2. The van der Waals surface area contributed by atoms with Gasteiger partial charge in [-0.2, -0.15) is 0 Å². The number of halogens is 1. The molecule has 1 aliphatic heterocycles. The molecule has 40 heavy (non-hydrogen) atoms. The van der Waals surface area contributed by atoms with Gasteiger partial charge in [0, 0.05) is 61.6 Å². The number of rotatable bonds is 7. The van der Waals surface area contributed by atoms with E-state index in [1.54, 1.807) is 29.2 Å². The van der Waals surface area contributed by atoms with Crippen molar-refractivity contribution in [3.05, 3.63) is 89.1 Å². The molecular formula is C30H34FN5O4. The van der Waals surface area contributed by atoms with Crippen LogP contribution in [0.5, 0.6) is 0 Å². The number of furan rings is 1. The highest BCUT2D eigenvalue weighted by atomic mass is 19.1. The summed E-state index contributed by atoms with van der Waals surface area (Å²) in [4.78, 5) is 42.7. The van der Waals surface area contributed by atoms with Crippen molar-refractivity contribution in [2.45, 2.75) is 44.3 Å². The van der Waals surface area contributed by atoms with Gasteiger partial charge < -0.3 is 25.7 Å². The van der Waals surface area contributed by atoms with Crippen LogP contribution in [0.2, 0.25) is 0 Å². The van der Waals surface area contributed by atoms with E-state index in [2.05, 4.69) is 15.5 Å². The van der Waals surface area contributed by atoms with Crippen molar-refractivity contribution in [3.8, 4) is 0 Å². The molecule has 2 unspecified atom stereocenters. The second kappa shape index (κ2) is 12.4. The number of benzene rings is 2. The molecule has 0 radical (unpaired) electrons. The van der Waals surface area contributed by atoms with E-state index in [4.69, 9.17) is 10.2 Å². The third kappa shape index (κ3) is 6.57. The third-order valence-corrected chi connectivity index (χ3v) is 7.65. The summed E-state index contributed by atoms with van der Waals surface area (Å²) in [7, 11) is 0. The molecule has 210 valence electrons. The van der Waals surface area contributed by atoms with Gasteiger partial charge >= 0.3 is 0 Å². The van der Waals surface area contributed by atoms with Gasteiger partial charge in [-0.15, -0.1) is 0 Å². The number of hydrogen-bond acceptors (Lipinski definition) is 6. The van der Waals surface area contributed by atoms with Crippen LogP contribution in [0.15, 0.2) is 65.3 Å². The number of nitrogens with two attached hydrogens (primary N) is 1. The molecule has 3 aromatic rings. The first-order valence-corrected chi connectivity index (χ1v) is 13.7. The van der Waals surface area contributed by atoms with E-state index in [9.17, 15) is 18.8 Å². The van der Waals surface area contributed by atoms with E-state index in [1.807, 2.05) is 6.07 Å². The number of carbonyl (C=O) groups excluding carboxylic acids is 3. The van der Waals surface area contributed by atoms with Crippen molar-refractivity contribution in [2.24, 2.45) is 5.73 Å². The first kappa shape index (κ1) is 27.5. The summed E-state index contributed by atoms with van der Waals surface area (Å²) in [5.41, 5.74) is 8.28. The fourth-order valence-corrected chi connectivity index (χ4v) is 5.26. The predicted molar refractivity (Wildman–Crippen MR) is 148 cm³/mol. The van der Waals surface area contributed by atoms with Gasteiger partial charge in [-0.3, -0.25) is 19.3 Å². The largest absolute Gasteiger partial charge is 0.459 e. The molecule has 2 fully saturated rings. The summed E-state index contributed by atoms with van der Waals surface area (Å²) in [5.74, 6) is -0.882. The summed E-state index contributed by atoms with van der Waals surface area (Å²) in [6, 6.07) is 13.8. The van der Waals surface area contributed by atoms with Crippen LogP contribution in [-0.4, -0.2) is 65.8 Å². The van der Waals surface area contributed by atoms with Crippen LogP contribution in [0.4, 0.5) is 10.1 Å². The van der Waals surface area contributed by atoms with E-state index in [0.717, 1.165) is 31.2 Å². The molecular weight excluding hydrogens is 513 g/mol. The van der Waals surface area contributed by atoms with Crippen molar-refractivity contribution in [1.82, 2.24) is 15.1 Å². The van der Waals surface area contributed by atoms with Crippen LogP contribution in [0, 0.1) is 5.82 Å². The zero-order valence-corrected chi connectivity index (χ0v) is 22.3.